The molecule has 0 radical (unpaired) electrons. The Morgan fingerprint density at radius 1 is 1.19 bits per heavy atom. The Bertz CT molecular complexity index is 771. The molecular formula is C16H24N6O10. The number of nitrogens with one attached hydrogen (secondary N) is 3. The highest BCUT2D eigenvalue weighted by Gasteiger charge is 2.22. The van der Waals surface area contributed by atoms with Gasteiger partial charge in [-0.2, -0.15) is 0 Å². The van der Waals surface area contributed by atoms with E-state index in [-0.39, 0.29) is 38.6 Å². The Morgan fingerprint density at radius 3 is 2.53 bits per heavy atom. The number of amides is 2. The average molecular weight is 460 g/mol. The van der Waals surface area contributed by atoms with E-state index >= 15 is 0 Å². The van der Waals surface area contributed by atoms with Crippen LogP contribution in [0.2, 0.25) is 0 Å². The molecular weight excluding hydrogens is 436 g/mol. The highest BCUT2D eigenvalue weighted by molar-refractivity contribution is 5.85. The minimum absolute atomic E-state index is 0.0137. The first kappa shape index (κ1) is 26.1. The molecule has 32 heavy (non-hydrogen) atoms. The van der Waals surface area contributed by atoms with Crippen LogP contribution in [0.4, 0.5) is 0 Å². The molecule has 0 aliphatic rings. The van der Waals surface area contributed by atoms with Gasteiger partial charge in [-0.3, -0.25) is 9.59 Å². The molecule has 2 atom stereocenters. The maximum Gasteiger partial charge on any atom is 0.328 e. The van der Waals surface area contributed by atoms with E-state index in [1.807, 2.05) is 0 Å². The van der Waals surface area contributed by atoms with Gasteiger partial charge in [0.2, 0.25) is 11.8 Å². The number of ether oxygens (including phenoxy) is 1. The standard InChI is InChI=1S/C16H24N6O10/c1-30-16(25)13(7-11-8-17-10-19-11)20-15(24)5-6-18-14(23)4-2-3-12(32-22(28)29)9-31-21(26)27/h8,10,12-13H,2-7,9H2,1H3,(H,17,19)(H,18,23)(H,20,24). The normalized spacial score (nSPS) is 12.2. The van der Waals surface area contributed by atoms with Crippen molar-refractivity contribution in [3.8, 4) is 0 Å². The zero-order valence-corrected chi connectivity index (χ0v) is 17.2. The molecule has 0 aliphatic carbocycles. The molecule has 3 N–H and O–H groups in total. The zero-order valence-electron chi connectivity index (χ0n) is 17.2. The third-order valence-electron chi connectivity index (χ3n) is 3.99. The fraction of sp³-hybridized carbons (Fsp3) is 0.625. The molecule has 0 saturated heterocycles. The molecule has 0 bridgehead atoms. The first-order valence-corrected chi connectivity index (χ1v) is 9.41. The van der Waals surface area contributed by atoms with Crippen LogP contribution in [-0.4, -0.2) is 70.3 Å². The summed E-state index contributed by atoms with van der Waals surface area (Å²) < 4.78 is 4.66. The van der Waals surface area contributed by atoms with Gasteiger partial charge in [0, 0.05) is 32.0 Å². The van der Waals surface area contributed by atoms with Crippen molar-refractivity contribution in [2.45, 2.75) is 44.2 Å². The molecule has 1 aromatic rings. The summed E-state index contributed by atoms with van der Waals surface area (Å²) >= 11 is 0. The third-order valence-corrected chi connectivity index (χ3v) is 3.99. The Morgan fingerprint density at radius 2 is 1.94 bits per heavy atom. The quantitative estimate of drug-likeness (QED) is 0.155. The Balaban J connectivity index is 2.32. The summed E-state index contributed by atoms with van der Waals surface area (Å²) in [5.74, 6) is -1.57. The summed E-state index contributed by atoms with van der Waals surface area (Å²) in [6.07, 6.45) is 1.88. The molecule has 0 saturated carbocycles. The molecule has 0 aromatic carbocycles. The van der Waals surface area contributed by atoms with Gasteiger partial charge in [0.25, 0.3) is 10.2 Å². The minimum atomic E-state index is -1.20. The van der Waals surface area contributed by atoms with Gasteiger partial charge in [0.15, 0.2) is 0 Å². The van der Waals surface area contributed by atoms with Gasteiger partial charge in [-0.05, 0) is 12.8 Å². The second kappa shape index (κ2) is 14.1. The minimum Gasteiger partial charge on any atom is -0.467 e. The fourth-order valence-electron chi connectivity index (χ4n) is 2.54. The first-order valence-electron chi connectivity index (χ1n) is 9.41. The lowest BCUT2D eigenvalue weighted by molar-refractivity contribution is -0.790. The van der Waals surface area contributed by atoms with Crippen LogP contribution in [-0.2, 0) is 35.2 Å². The van der Waals surface area contributed by atoms with Crippen LogP contribution in [0.5, 0.6) is 0 Å². The van der Waals surface area contributed by atoms with Crippen LogP contribution in [0.25, 0.3) is 0 Å². The number of carbonyl (C=O) groups is 3. The summed E-state index contributed by atoms with van der Waals surface area (Å²) in [5, 5.41) is 23.4. The number of rotatable bonds is 16. The zero-order chi connectivity index (χ0) is 23.9. The number of esters is 1. The summed E-state index contributed by atoms with van der Waals surface area (Å²) in [4.78, 5) is 71.3. The number of H-pyrrole nitrogens is 1. The van der Waals surface area contributed by atoms with E-state index < -0.39 is 46.7 Å². The Labute approximate surface area is 181 Å². The smallest absolute Gasteiger partial charge is 0.328 e. The molecule has 0 fully saturated rings. The molecule has 1 aromatic heterocycles. The first-order chi connectivity index (χ1) is 15.2. The van der Waals surface area contributed by atoms with Crippen molar-refractivity contribution in [2.24, 2.45) is 0 Å². The number of hydrogen-bond donors (Lipinski definition) is 3. The second-order valence-corrected chi connectivity index (χ2v) is 6.37. The number of aromatic nitrogens is 2. The molecule has 2 unspecified atom stereocenters. The molecule has 1 rings (SSSR count). The lowest BCUT2D eigenvalue weighted by Crippen LogP contribution is -2.44. The number of hydrogen-bond acceptors (Lipinski definition) is 11. The number of methoxy groups -OCH3 is 1. The SMILES string of the molecule is COC(=O)C(Cc1c[nH]cn1)NC(=O)CCNC(=O)CCCC(CO[N+](=O)[O-])O[N+](=O)[O-]. The highest BCUT2D eigenvalue weighted by atomic mass is 17.0. The number of nitrogens with zero attached hydrogens (tertiary/aromatic N) is 3. The van der Waals surface area contributed by atoms with Gasteiger partial charge >= 0.3 is 5.97 Å². The van der Waals surface area contributed by atoms with Crippen LogP contribution in [0.3, 0.4) is 0 Å². The average Bonchev–Trinajstić information content (AvgIpc) is 3.23. The number of carbonyl (C=O) groups excluding carboxylic acids is 3. The van der Waals surface area contributed by atoms with Crippen LogP contribution in [0, 0.1) is 20.2 Å². The van der Waals surface area contributed by atoms with Crippen molar-refractivity contribution >= 4 is 17.8 Å². The van der Waals surface area contributed by atoms with E-state index in [1.54, 1.807) is 6.20 Å². The second-order valence-electron chi connectivity index (χ2n) is 6.37. The number of imidazole rings is 1. The van der Waals surface area contributed by atoms with E-state index in [0.717, 1.165) is 0 Å². The maximum atomic E-state index is 12.1. The van der Waals surface area contributed by atoms with Crippen LogP contribution >= 0.6 is 0 Å². The van der Waals surface area contributed by atoms with Gasteiger partial charge in [-0.15, -0.1) is 20.2 Å². The van der Waals surface area contributed by atoms with Gasteiger partial charge in [0.1, 0.15) is 18.8 Å². The van der Waals surface area contributed by atoms with E-state index in [1.165, 1.54) is 13.4 Å². The molecule has 16 nitrogen and oxygen atoms in total. The molecule has 0 aliphatic heterocycles. The van der Waals surface area contributed by atoms with E-state index in [0.29, 0.717) is 5.69 Å². The lowest BCUT2D eigenvalue weighted by atomic mass is 10.1. The predicted molar refractivity (Wildman–Crippen MR) is 103 cm³/mol. The summed E-state index contributed by atoms with van der Waals surface area (Å²) in [7, 11) is 1.19. The van der Waals surface area contributed by atoms with E-state index in [2.05, 4.69) is 35.0 Å². The summed E-state index contributed by atoms with van der Waals surface area (Å²) in [6.45, 7) is -0.657. The molecule has 16 heteroatoms. The maximum absolute atomic E-state index is 12.1. The van der Waals surface area contributed by atoms with Crippen LogP contribution in [0.15, 0.2) is 12.5 Å². The fourth-order valence-corrected chi connectivity index (χ4v) is 2.54. The topological polar surface area (TPSA) is 218 Å². The lowest BCUT2D eigenvalue weighted by Gasteiger charge is -2.16. The van der Waals surface area contributed by atoms with Crippen molar-refractivity contribution in [3.63, 3.8) is 0 Å². The summed E-state index contributed by atoms with van der Waals surface area (Å²) in [6, 6.07) is -0.939. The highest BCUT2D eigenvalue weighted by Crippen LogP contribution is 2.07. The molecule has 0 spiro atoms. The molecule has 178 valence electrons. The van der Waals surface area contributed by atoms with Crippen molar-refractivity contribution < 1.29 is 39.0 Å². The van der Waals surface area contributed by atoms with Crippen LogP contribution in [0.1, 0.15) is 31.4 Å². The van der Waals surface area contributed by atoms with Crippen molar-refractivity contribution in [2.75, 3.05) is 20.3 Å². The molecule has 2 amide bonds. The summed E-state index contributed by atoms with van der Waals surface area (Å²) in [5.41, 5.74) is 0.553. The van der Waals surface area contributed by atoms with Gasteiger partial charge in [-0.1, -0.05) is 0 Å². The van der Waals surface area contributed by atoms with Gasteiger partial charge in [-0.25, -0.2) is 9.78 Å². The van der Waals surface area contributed by atoms with Gasteiger partial charge in [0.05, 0.1) is 19.1 Å². The van der Waals surface area contributed by atoms with Crippen molar-refractivity contribution in [3.05, 3.63) is 38.4 Å². The largest absolute Gasteiger partial charge is 0.467 e. The van der Waals surface area contributed by atoms with Crippen LogP contribution < -0.4 is 10.6 Å². The third kappa shape index (κ3) is 11.3. The Kier molecular flexibility index (Phi) is 11.5. The Hall–Kier alpha value is -3.98. The van der Waals surface area contributed by atoms with Gasteiger partial charge < -0.3 is 30.0 Å². The van der Waals surface area contributed by atoms with E-state index in [4.69, 9.17) is 0 Å². The van der Waals surface area contributed by atoms with Crippen molar-refractivity contribution in [1.29, 1.82) is 0 Å². The van der Waals surface area contributed by atoms with E-state index in [9.17, 15) is 34.6 Å². The molecule has 1 heterocycles. The monoisotopic (exact) mass is 460 g/mol. The van der Waals surface area contributed by atoms with Crippen molar-refractivity contribution in [1.82, 2.24) is 20.6 Å². The predicted octanol–water partition coefficient (Wildman–Crippen LogP) is -0.928. The number of aromatic amines is 1.